The number of carbonyl (C=O) groups excluding carboxylic acids is 2. The van der Waals surface area contributed by atoms with E-state index in [0.717, 1.165) is 26.1 Å². The molecule has 2 unspecified atom stereocenters. The van der Waals surface area contributed by atoms with Crippen LogP contribution in [0.2, 0.25) is 0 Å². The van der Waals surface area contributed by atoms with Crippen LogP contribution in [0.4, 0.5) is 4.39 Å². The minimum absolute atomic E-state index is 0.0723. The molecule has 2 aliphatic rings. The Morgan fingerprint density at radius 2 is 1.93 bits per heavy atom. The average molecular weight is 376 g/mol. The second kappa shape index (κ2) is 9.28. The normalized spacial score (nSPS) is 21.9. The van der Waals surface area contributed by atoms with Gasteiger partial charge in [0.1, 0.15) is 11.9 Å². The molecule has 0 aliphatic carbocycles. The van der Waals surface area contributed by atoms with Crippen molar-refractivity contribution in [1.82, 2.24) is 20.4 Å². The summed E-state index contributed by atoms with van der Waals surface area (Å²) < 4.78 is 14.4. The van der Waals surface area contributed by atoms with Crippen LogP contribution in [0.25, 0.3) is 0 Å². The number of rotatable bonds is 7. The number of likely N-dealkylation sites (tertiary alicyclic amines) is 2. The standard InChI is InChI=1S/C20H29FN4O2/c1-22-20(27)18(15-7-2-3-8-16(15)21)25-13-6-9-17(25)19(26)23-10-14-24-11-4-5-12-24/h2-3,7-8,17-18H,4-6,9-14H2,1H3,(H,22,27)(H,23,26). The van der Waals surface area contributed by atoms with E-state index in [1.807, 2.05) is 4.90 Å². The van der Waals surface area contributed by atoms with E-state index >= 15 is 0 Å². The lowest BCUT2D eigenvalue weighted by molar-refractivity contribution is -0.131. The third-order valence-electron chi connectivity index (χ3n) is 5.55. The number of hydrogen-bond acceptors (Lipinski definition) is 4. The van der Waals surface area contributed by atoms with Crippen molar-refractivity contribution in [2.24, 2.45) is 0 Å². The van der Waals surface area contributed by atoms with Crippen molar-refractivity contribution in [1.29, 1.82) is 0 Å². The van der Waals surface area contributed by atoms with E-state index in [1.165, 1.54) is 26.0 Å². The molecule has 2 amide bonds. The Balaban J connectivity index is 1.69. The first-order chi connectivity index (χ1) is 13.1. The number of likely N-dealkylation sites (N-methyl/N-ethyl adjacent to an activating group) is 1. The zero-order valence-electron chi connectivity index (χ0n) is 15.9. The summed E-state index contributed by atoms with van der Waals surface area (Å²) in [6.45, 7) is 4.24. The van der Waals surface area contributed by atoms with Crippen molar-refractivity contribution in [3.63, 3.8) is 0 Å². The van der Waals surface area contributed by atoms with Gasteiger partial charge in [0, 0.05) is 32.2 Å². The zero-order valence-corrected chi connectivity index (χ0v) is 15.9. The van der Waals surface area contributed by atoms with Gasteiger partial charge < -0.3 is 15.5 Å². The summed E-state index contributed by atoms with van der Waals surface area (Å²) in [4.78, 5) is 29.5. The van der Waals surface area contributed by atoms with Crippen molar-refractivity contribution in [2.45, 2.75) is 37.8 Å². The lowest BCUT2D eigenvalue weighted by Crippen LogP contribution is -2.49. The van der Waals surface area contributed by atoms with E-state index in [2.05, 4.69) is 15.5 Å². The van der Waals surface area contributed by atoms with Crippen molar-refractivity contribution in [3.05, 3.63) is 35.6 Å². The highest BCUT2D eigenvalue weighted by Gasteiger charge is 2.40. The van der Waals surface area contributed by atoms with Crippen molar-refractivity contribution < 1.29 is 14.0 Å². The molecule has 7 heteroatoms. The molecule has 0 radical (unpaired) electrons. The fourth-order valence-electron chi connectivity index (χ4n) is 4.14. The maximum atomic E-state index is 14.4. The molecule has 2 saturated heterocycles. The van der Waals surface area contributed by atoms with E-state index in [1.54, 1.807) is 18.2 Å². The Labute approximate surface area is 160 Å². The van der Waals surface area contributed by atoms with E-state index in [-0.39, 0.29) is 11.8 Å². The van der Waals surface area contributed by atoms with Gasteiger partial charge in [0.05, 0.1) is 6.04 Å². The van der Waals surface area contributed by atoms with Crippen LogP contribution < -0.4 is 10.6 Å². The minimum atomic E-state index is -0.798. The largest absolute Gasteiger partial charge is 0.358 e. The van der Waals surface area contributed by atoms with Crippen LogP contribution >= 0.6 is 0 Å². The zero-order chi connectivity index (χ0) is 19.2. The molecule has 2 N–H and O–H groups in total. The van der Waals surface area contributed by atoms with Crippen molar-refractivity contribution in [2.75, 3.05) is 39.8 Å². The molecule has 1 aromatic carbocycles. The minimum Gasteiger partial charge on any atom is -0.358 e. The van der Waals surface area contributed by atoms with E-state index in [0.29, 0.717) is 25.1 Å². The second-order valence-corrected chi connectivity index (χ2v) is 7.27. The number of benzene rings is 1. The Morgan fingerprint density at radius 1 is 1.19 bits per heavy atom. The van der Waals surface area contributed by atoms with Gasteiger partial charge in [-0.25, -0.2) is 4.39 Å². The summed E-state index contributed by atoms with van der Waals surface area (Å²) in [7, 11) is 1.54. The lowest BCUT2D eigenvalue weighted by atomic mass is 10.0. The Kier molecular flexibility index (Phi) is 6.79. The van der Waals surface area contributed by atoms with Crippen LogP contribution in [0.5, 0.6) is 0 Å². The molecule has 0 bridgehead atoms. The van der Waals surface area contributed by atoms with Gasteiger partial charge in [0.15, 0.2) is 0 Å². The number of nitrogens with zero attached hydrogens (tertiary/aromatic N) is 2. The summed E-state index contributed by atoms with van der Waals surface area (Å²) in [5.74, 6) is -0.792. The van der Waals surface area contributed by atoms with Crippen molar-refractivity contribution >= 4 is 11.8 Å². The molecule has 0 saturated carbocycles. The van der Waals surface area contributed by atoms with E-state index in [9.17, 15) is 14.0 Å². The molecule has 2 atom stereocenters. The second-order valence-electron chi connectivity index (χ2n) is 7.27. The van der Waals surface area contributed by atoms with Gasteiger partial charge in [-0.05, 0) is 44.8 Å². The number of amides is 2. The van der Waals surface area contributed by atoms with Crippen LogP contribution in [-0.2, 0) is 9.59 Å². The predicted molar refractivity (Wildman–Crippen MR) is 102 cm³/mol. The summed E-state index contributed by atoms with van der Waals surface area (Å²) in [6.07, 6.45) is 3.94. The van der Waals surface area contributed by atoms with Crippen LogP contribution in [0, 0.1) is 5.82 Å². The van der Waals surface area contributed by atoms with Gasteiger partial charge >= 0.3 is 0 Å². The third-order valence-corrected chi connectivity index (χ3v) is 5.55. The van der Waals surface area contributed by atoms with Crippen LogP contribution in [-0.4, -0.2) is 67.4 Å². The number of nitrogens with one attached hydrogen (secondary N) is 2. The van der Waals surface area contributed by atoms with Gasteiger partial charge in [-0.3, -0.25) is 14.5 Å². The molecular formula is C20H29FN4O2. The average Bonchev–Trinajstić information content (AvgIpc) is 3.35. The Hall–Kier alpha value is -1.99. The van der Waals surface area contributed by atoms with Gasteiger partial charge in [0.25, 0.3) is 0 Å². The van der Waals surface area contributed by atoms with Crippen LogP contribution in [0.3, 0.4) is 0 Å². The fraction of sp³-hybridized carbons (Fsp3) is 0.600. The molecule has 148 valence electrons. The monoisotopic (exact) mass is 376 g/mol. The molecule has 6 nitrogen and oxygen atoms in total. The quantitative estimate of drug-likeness (QED) is 0.753. The van der Waals surface area contributed by atoms with Gasteiger partial charge in [-0.2, -0.15) is 0 Å². The highest BCUT2D eigenvalue weighted by atomic mass is 19.1. The Morgan fingerprint density at radius 3 is 2.63 bits per heavy atom. The fourth-order valence-corrected chi connectivity index (χ4v) is 4.14. The predicted octanol–water partition coefficient (Wildman–Crippen LogP) is 1.29. The first-order valence-electron chi connectivity index (χ1n) is 9.83. The summed E-state index contributed by atoms with van der Waals surface area (Å²) >= 11 is 0. The van der Waals surface area contributed by atoms with Crippen molar-refractivity contribution in [3.8, 4) is 0 Å². The maximum Gasteiger partial charge on any atom is 0.241 e. The molecule has 3 rings (SSSR count). The first kappa shape index (κ1) is 19.8. The van der Waals surface area contributed by atoms with E-state index in [4.69, 9.17) is 0 Å². The molecule has 1 aromatic rings. The highest BCUT2D eigenvalue weighted by molar-refractivity contribution is 5.86. The van der Waals surface area contributed by atoms with Gasteiger partial charge in [-0.15, -0.1) is 0 Å². The van der Waals surface area contributed by atoms with Gasteiger partial charge in [0.2, 0.25) is 11.8 Å². The van der Waals surface area contributed by atoms with E-state index < -0.39 is 17.9 Å². The molecule has 2 heterocycles. The molecule has 0 aromatic heterocycles. The Bertz CT molecular complexity index is 663. The topological polar surface area (TPSA) is 64.7 Å². The third kappa shape index (κ3) is 4.65. The smallest absolute Gasteiger partial charge is 0.241 e. The highest BCUT2D eigenvalue weighted by Crippen LogP contribution is 2.31. The molecule has 27 heavy (non-hydrogen) atoms. The SMILES string of the molecule is CNC(=O)C(c1ccccc1F)N1CCCC1C(=O)NCCN1CCCC1. The van der Waals surface area contributed by atoms with Crippen LogP contribution in [0.15, 0.2) is 24.3 Å². The summed E-state index contributed by atoms with van der Waals surface area (Å²) in [5.41, 5.74) is 0.314. The van der Waals surface area contributed by atoms with Gasteiger partial charge in [-0.1, -0.05) is 18.2 Å². The molecule has 2 fully saturated rings. The lowest BCUT2D eigenvalue weighted by Gasteiger charge is -2.31. The summed E-state index contributed by atoms with van der Waals surface area (Å²) in [6, 6.07) is 5.09. The maximum absolute atomic E-state index is 14.4. The number of hydrogen-bond donors (Lipinski definition) is 2. The molecular weight excluding hydrogens is 347 g/mol. The number of halogens is 1. The molecule has 2 aliphatic heterocycles. The first-order valence-corrected chi connectivity index (χ1v) is 9.83. The number of carbonyl (C=O) groups is 2. The summed E-state index contributed by atoms with van der Waals surface area (Å²) in [5, 5.41) is 5.63. The van der Waals surface area contributed by atoms with Crippen LogP contribution in [0.1, 0.15) is 37.3 Å². The molecule has 0 spiro atoms.